The number of carbonyl (C=O) groups excluding carboxylic acids is 1. The van der Waals surface area contributed by atoms with Crippen LogP contribution >= 0.6 is 0 Å². The number of para-hydroxylation sites is 1. The molecule has 0 radical (unpaired) electrons. The molecular weight excluding hydrogens is 332 g/mol. The number of benzene rings is 2. The van der Waals surface area contributed by atoms with Crippen LogP contribution in [-0.2, 0) is 5.41 Å². The maximum atomic E-state index is 12.9. The number of aromatic amines is 1. The number of nitrogens with one attached hydrogen (secondary N) is 1. The van der Waals surface area contributed by atoms with Crippen molar-refractivity contribution in [2.75, 3.05) is 13.1 Å². The lowest BCUT2D eigenvalue weighted by atomic mass is 9.86. The molecule has 3 heteroatoms. The summed E-state index contributed by atoms with van der Waals surface area (Å²) in [6.45, 7) is 8.23. The van der Waals surface area contributed by atoms with E-state index in [4.69, 9.17) is 0 Å². The van der Waals surface area contributed by atoms with Gasteiger partial charge in [-0.05, 0) is 53.5 Å². The van der Waals surface area contributed by atoms with Crippen molar-refractivity contribution in [2.45, 2.75) is 44.9 Å². The second-order valence-corrected chi connectivity index (χ2v) is 8.68. The van der Waals surface area contributed by atoms with E-state index in [9.17, 15) is 4.79 Å². The predicted molar refractivity (Wildman–Crippen MR) is 111 cm³/mol. The molecule has 2 heterocycles. The van der Waals surface area contributed by atoms with Gasteiger partial charge in [-0.1, -0.05) is 51.1 Å². The highest BCUT2D eigenvalue weighted by Crippen LogP contribution is 2.33. The SMILES string of the molecule is CC(C)(C)c1ccc(C(=O)N2CCC(c3c[nH]c4ccccc34)CC2)cc1. The lowest BCUT2D eigenvalue weighted by Gasteiger charge is -2.32. The minimum atomic E-state index is 0.110. The molecule has 1 aromatic heterocycles. The molecule has 4 rings (SSSR count). The molecule has 0 unspecified atom stereocenters. The van der Waals surface area contributed by atoms with Crippen molar-refractivity contribution in [1.29, 1.82) is 0 Å². The highest BCUT2D eigenvalue weighted by molar-refractivity contribution is 5.94. The van der Waals surface area contributed by atoms with Gasteiger partial charge in [0.1, 0.15) is 0 Å². The van der Waals surface area contributed by atoms with Crippen molar-refractivity contribution in [3.05, 3.63) is 71.4 Å². The molecule has 0 spiro atoms. The number of aromatic nitrogens is 1. The first-order valence-corrected chi connectivity index (χ1v) is 9.89. The molecule has 3 nitrogen and oxygen atoms in total. The largest absolute Gasteiger partial charge is 0.361 e. The molecular formula is C24H28N2O. The Morgan fingerprint density at radius 3 is 2.33 bits per heavy atom. The van der Waals surface area contributed by atoms with E-state index in [1.807, 2.05) is 17.0 Å². The monoisotopic (exact) mass is 360 g/mol. The van der Waals surface area contributed by atoms with Crippen LogP contribution in [0.2, 0.25) is 0 Å². The lowest BCUT2D eigenvalue weighted by molar-refractivity contribution is 0.0713. The maximum absolute atomic E-state index is 12.9. The van der Waals surface area contributed by atoms with Crippen molar-refractivity contribution >= 4 is 16.8 Å². The Bertz CT molecular complexity index is 938. The Balaban J connectivity index is 1.43. The van der Waals surface area contributed by atoms with E-state index in [1.54, 1.807) is 0 Å². The number of H-pyrrole nitrogens is 1. The molecule has 2 aromatic carbocycles. The number of rotatable bonds is 2. The van der Waals surface area contributed by atoms with Gasteiger partial charge >= 0.3 is 0 Å². The maximum Gasteiger partial charge on any atom is 0.253 e. The highest BCUT2D eigenvalue weighted by atomic mass is 16.2. The van der Waals surface area contributed by atoms with Gasteiger partial charge in [-0.25, -0.2) is 0 Å². The fourth-order valence-corrected chi connectivity index (χ4v) is 4.12. The minimum Gasteiger partial charge on any atom is -0.361 e. The number of likely N-dealkylation sites (tertiary alicyclic amines) is 1. The molecule has 0 aliphatic carbocycles. The van der Waals surface area contributed by atoms with Crippen molar-refractivity contribution < 1.29 is 4.79 Å². The minimum absolute atomic E-state index is 0.110. The molecule has 1 amide bonds. The van der Waals surface area contributed by atoms with E-state index in [1.165, 1.54) is 22.0 Å². The van der Waals surface area contributed by atoms with E-state index in [0.29, 0.717) is 5.92 Å². The summed E-state index contributed by atoms with van der Waals surface area (Å²) in [7, 11) is 0. The van der Waals surface area contributed by atoms with Gasteiger partial charge in [-0.3, -0.25) is 4.79 Å². The highest BCUT2D eigenvalue weighted by Gasteiger charge is 2.26. The molecule has 27 heavy (non-hydrogen) atoms. The summed E-state index contributed by atoms with van der Waals surface area (Å²) < 4.78 is 0. The molecule has 1 aliphatic heterocycles. The topological polar surface area (TPSA) is 36.1 Å². The number of piperidine rings is 1. The quantitative estimate of drug-likeness (QED) is 0.645. The molecule has 1 N–H and O–H groups in total. The average molecular weight is 361 g/mol. The average Bonchev–Trinajstić information content (AvgIpc) is 3.11. The van der Waals surface area contributed by atoms with E-state index in [2.05, 4.69) is 68.4 Å². The van der Waals surface area contributed by atoms with Crippen molar-refractivity contribution in [2.24, 2.45) is 0 Å². The van der Waals surface area contributed by atoms with Gasteiger partial charge in [0.15, 0.2) is 0 Å². The first-order valence-electron chi connectivity index (χ1n) is 9.89. The molecule has 3 aromatic rings. The van der Waals surface area contributed by atoms with Gasteiger partial charge in [-0.15, -0.1) is 0 Å². The van der Waals surface area contributed by atoms with Crippen LogP contribution in [0.1, 0.15) is 61.0 Å². The normalized spacial score (nSPS) is 16.0. The molecule has 0 saturated carbocycles. The third-order valence-corrected chi connectivity index (χ3v) is 5.84. The number of carbonyl (C=O) groups is 1. The van der Waals surface area contributed by atoms with Crippen molar-refractivity contribution in [1.82, 2.24) is 9.88 Å². The molecule has 1 fully saturated rings. The Morgan fingerprint density at radius 2 is 1.67 bits per heavy atom. The third-order valence-electron chi connectivity index (χ3n) is 5.84. The zero-order valence-corrected chi connectivity index (χ0v) is 16.5. The van der Waals surface area contributed by atoms with Gasteiger partial charge in [0.25, 0.3) is 5.91 Å². The van der Waals surface area contributed by atoms with Crippen LogP contribution in [0.15, 0.2) is 54.7 Å². The number of fused-ring (bicyclic) bond motifs is 1. The fourth-order valence-electron chi connectivity index (χ4n) is 4.12. The zero-order chi connectivity index (χ0) is 19.0. The van der Waals surface area contributed by atoms with Gasteiger partial charge in [0, 0.05) is 35.8 Å². The summed E-state index contributed by atoms with van der Waals surface area (Å²) in [6, 6.07) is 16.6. The van der Waals surface area contributed by atoms with E-state index in [-0.39, 0.29) is 11.3 Å². The predicted octanol–water partition coefficient (Wildman–Crippen LogP) is 5.49. The number of hydrogen-bond acceptors (Lipinski definition) is 1. The van der Waals surface area contributed by atoms with Crippen LogP contribution in [0.5, 0.6) is 0 Å². The standard InChI is InChI=1S/C24H28N2O/c1-24(2,3)19-10-8-18(9-11-19)23(27)26-14-12-17(13-15-26)21-16-25-22-7-5-4-6-20(21)22/h4-11,16-17,25H,12-15H2,1-3H3. The van der Waals surface area contributed by atoms with Crippen LogP contribution in [0.4, 0.5) is 0 Å². The Hall–Kier alpha value is -2.55. The van der Waals surface area contributed by atoms with Gasteiger partial charge in [0.2, 0.25) is 0 Å². The number of amides is 1. The van der Waals surface area contributed by atoms with Crippen molar-refractivity contribution in [3.63, 3.8) is 0 Å². The van der Waals surface area contributed by atoms with Crippen molar-refractivity contribution in [3.8, 4) is 0 Å². The molecule has 0 atom stereocenters. The summed E-state index contributed by atoms with van der Waals surface area (Å²) in [6.07, 6.45) is 4.19. The van der Waals surface area contributed by atoms with Crippen LogP contribution < -0.4 is 0 Å². The van der Waals surface area contributed by atoms with E-state index in [0.717, 1.165) is 31.5 Å². The van der Waals surface area contributed by atoms with Crippen LogP contribution in [0.25, 0.3) is 10.9 Å². The fraction of sp³-hybridized carbons (Fsp3) is 0.375. The van der Waals surface area contributed by atoms with Crippen LogP contribution in [-0.4, -0.2) is 28.9 Å². The number of hydrogen-bond donors (Lipinski definition) is 1. The van der Waals surface area contributed by atoms with Crippen LogP contribution in [0.3, 0.4) is 0 Å². The molecule has 1 aliphatic rings. The van der Waals surface area contributed by atoms with Gasteiger partial charge < -0.3 is 9.88 Å². The Morgan fingerprint density at radius 1 is 1.00 bits per heavy atom. The number of nitrogens with zero attached hydrogens (tertiary/aromatic N) is 1. The van der Waals surface area contributed by atoms with Gasteiger partial charge in [-0.2, -0.15) is 0 Å². The Kier molecular flexibility index (Phi) is 4.55. The summed E-state index contributed by atoms with van der Waals surface area (Å²) in [4.78, 5) is 18.3. The first-order chi connectivity index (χ1) is 12.9. The summed E-state index contributed by atoms with van der Waals surface area (Å²) >= 11 is 0. The van der Waals surface area contributed by atoms with Crippen LogP contribution in [0, 0.1) is 0 Å². The lowest BCUT2D eigenvalue weighted by Crippen LogP contribution is -2.37. The molecule has 0 bridgehead atoms. The smallest absolute Gasteiger partial charge is 0.253 e. The van der Waals surface area contributed by atoms with Gasteiger partial charge in [0.05, 0.1) is 0 Å². The second-order valence-electron chi connectivity index (χ2n) is 8.68. The zero-order valence-electron chi connectivity index (χ0n) is 16.5. The molecule has 140 valence electrons. The first kappa shape index (κ1) is 17.8. The van der Waals surface area contributed by atoms with E-state index >= 15 is 0 Å². The second kappa shape index (κ2) is 6.88. The summed E-state index contributed by atoms with van der Waals surface area (Å²) in [5.41, 5.74) is 4.77. The summed E-state index contributed by atoms with van der Waals surface area (Å²) in [5.74, 6) is 0.682. The molecule has 1 saturated heterocycles. The van der Waals surface area contributed by atoms with E-state index < -0.39 is 0 Å². The Labute approximate surface area is 161 Å². The summed E-state index contributed by atoms with van der Waals surface area (Å²) in [5, 5.41) is 1.32. The third kappa shape index (κ3) is 3.51.